The minimum atomic E-state index is 0.245. The first kappa shape index (κ1) is 13.3. The maximum Gasteiger partial charge on any atom is 0.135 e. The third-order valence-electron chi connectivity index (χ3n) is 2.79. The Morgan fingerprint density at radius 2 is 2.06 bits per heavy atom. The van der Waals surface area contributed by atoms with Crippen LogP contribution in [0.25, 0.3) is 0 Å². The minimum absolute atomic E-state index is 0.245. The Bertz CT molecular complexity index is 428. The van der Waals surface area contributed by atoms with Crippen LogP contribution in [-0.4, -0.2) is 25.2 Å². The molecule has 0 radical (unpaired) electrons. The van der Waals surface area contributed by atoms with Crippen LogP contribution >= 0.6 is 11.6 Å². The van der Waals surface area contributed by atoms with Crippen LogP contribution in [0.4, 0.5) is 0 Å². The highest BCUT2D eigenvalue weighted by atomic mass is 35.5. The summed E-state index contributed by atoms with van der Waals surface area (Å²) in [5.41, 5.74) is 0.939. The van der Waals surface area contributed by atoms with Gasteiger partial charge in [-0.3, -0.25) is 0 Å². The van der Waals surface area contributed by atoms with Crippen molar-refractivity contribution >= 4 is 11.6 Å². The largest absolute Gasteiger partial charge is 0.489 e. The number of benzene rings is 1. The Balaban J connectivity index is 2.05. The molecule has 1 aromatic carbocycles. The molecule has 1 aliphatic heterocycles. The fourth-order valence-corrected chi connectivity index (χ4v) is 1.95. The molecule has 2 rings (SSSR count). The van der Waals surface area contributed by atoms with E-state index in [1.807, 2.05) is 24.3 Å². The lowest BCUT2D eigenvalue weighted by molar-refractivity contribution is 0.0254. The second-order valence-electron chi connectivity index (χ2n) is 4.17. The van der Waals surface area contributed by atoms with E-state index in [4.69, 9.17) is 21.1 Å². The molecule has 0 atom stereocenters. The van der Waals surface area contributed by atoms with Gasteiger partial charge in [-0.2, -0.15) is 0 Å². The second kappa shape index (κ2) is 7.31. The van der Waals surface area contributed by atoms with Gasteiger partial charge in [0.25, 0.3) is 0 Å². The highest BCUT2D eigenvalue weighted by Gasteiger charge is 2.16. The Hall–Kier alpha value is -1.17. The molecule has 1 aromatic rings. The van der Waals surface area contributed by atoms with Gasteiger partial charge in [0, 0.05) is 25.1 Å². The van der Waals surface area contributed by atoms with Crippen molar-refractivity contribution < 1.29 is 9.47 Å². The molecule has 0 N–H and O–H groups in total. The molecule has 0 bridgehead atoms. The average Bonchev–Trinajstić information content (AvgIpc) is 2.42. The SMILES string of the molecule is ClCCC#Cc1ccccc1OC1CCOCC1. The normalized spacial score (nSPS) is 15.8. The Kier molecular flexibility index (Phi) is 5.38. The zero-order valence-electron chi connectivity index (χ0n) is 10.3. The van der Waals surface area contributed by atoms with Gasteiger partial charge in [-0.1, -0.05) is 24.0 Å². The predicted octanol–water partition coefficient (Wildman–Crippen LogP) is 3.22. The van der Waals surface area contributed by atoms with Crippen LogP contribution in [0.2, 0.25) is 0 Å². The van der Waals surface area contributed by atoms with Gasteiger partial charge in [0.1, 0.15) is 11.9 Å². The number of alkyl halides is 1. The van der Waals surface area contributed by atoms with Crippen molar-refractivity contribution in [2.45, 2.75) is 25.4 Å². The number of hydrogen-bond donors (Lipinski definition) is 0. The molecule has 0 aliphatic carbocycles. The Morgan fingerprint density at radius 1 is 1.28 bits per heavy atom. The molecule has 18 heavy (non-hydrogen) atoms. The Labute approximate surface area is 113 Å². The molecule has 96 valence electrons. The number of para-hydroxylation sites is 1. The molecule has 1 fully saturated rings. The fourth-order valence-electron chi connectivity index (χ4n) is 1.85. The third kappa shape index (κ3) is 3.94. The lowest BCUT2D eigenvalue weighted by atomic mass is 10.1. The summed E-state index contributed by atoms with van der Waals surface area (Å²) in [6, 6.07) is 7.90. The highest BCUT2D eigenvalue weighted by molar-refractivity contribution is 6.18. The summed E-state index contributed by atoms with van der Waals surface area (Å²) in [5, 5.41) is 0. The summed E-state index contributed by atoms with van der Waals surface area (Å²) >= 11 is 5.62. The van der Waals surface area contributed by atoms with Crippen LogP contribution in [-0.2, 0) is 4.74 Å². The fraction of sp³-hybridized carbons (Fsp3) is 0.467. The van der Waals surface area contributed by atoms with Gasteiger partial charge in [0.15, 0.2) is 0 Å². The van der Waals surface area contributed by atoms with Crippen LogP contribution < -0.4 is 4.74 Å². The summed E-state index contributed by atoms with van der Waals surface area (Å²) in [5.74, 6) is 7.59. The standard InChI is InChI=1S/C15H17ClO2/c16-10-4-3-6-13-5-1-2-7-15(13)18-14-8-11-17-12-9-14/h1-2,5,7,14H,4,8-12H2. The number of rotatable bonds is 3. The van der Waals surface area contributed by atoms with Crippen molar-refractivity contribution in [2.75, 3.05) is 19.1 Å². The highest BCUT2D eigenvalue weighted by Crippen LogP contribution is 2.21. The van der Waals surface area contributed by atoms with Crippen molar-refractivity contribution in [1.82, 2.24) is 0 Å². The monoisotopic (exact) mass is 264 g/mol. The van der Waals surface area contributed by atoms with Crippen molar-refractivity contribution in [1.29, 1.82) is 0 Å². The molecule has 0 aromatic heterocycles. The summed E-state index contributed by atoms with van der Waals surface area (Å²) in [4.78, 5) is 0. The average molecular weight is 265 g/mol. The first-order valence-electron chi connectivity index (χ1n) is 6.28. The van der Waals surface area contributed by atoms with Gasteiger partial charge in [0.05, 0.1) is 18.8 Å². The molecular formula is C15H17ClO2. The zero-order valence-corrected chi connectivity index (χ0v) is 11.1. The smallest absolute Gasteiger partial charge is 0.135 e. The van der Waals surface area contributed by atoms with Gasteiger partial charge in [0.2, 0.25) is 0 Å². The maximum atomic E-state index is 6.00. The van der Waals surface area contributed by atoms with Crippen LogP contribution in [0, 0.1) is 11.8 Å². The van der Waals surface area contributed by atoms with E-state index in [1.54, 1.807) is 0 Å². The first-order chi connectivity index (χ1) is 8.90. The molecule has 0 amide bonds. The summed E-state index contributed by atoms with van der Waals surface area (Å²) in [6.07, 6.45) is 2.84. The summed E-state index contributed by atoms with van der Waals surface area (Å²) < 4.78 is 11.3. The molecule has 1 saturated heterocycles. The van der Waals surface area contributed by atoms with Gasteiger partial charge < -0.3 is 9.47 Å². The van der Waals surface area contributed by atoms with Crippen molar-refractivity contribution in [2.24, 2.45) is 0 Å². The van der Waals surface area contributed by atoms with Crippen molar-refractivity contribution in [3.63, 3.8) is 0 Å². The van der Waals surface area contributed by atoms with E-state index in [0.29, 0.717) is 12.3 Å². The van der Waals surface area contributed by atoms with Crippen LogP contribution in [0.3, 0.4) is 0 Å². The number of hydrogen-bond acceptors (Lipinski definition) is 2. The van der Waals surface area contributed by atoms with Crippen molar-refractivity contribution in [3.8, 4) is 17.6 Å². The van der Waals surface area contributed by atoms with Crippen LogP contribution in [0.15, 0.2) is 24.3 Å². The van der Waals surface area contributed by atoms with E-state index in [9.17, 15) is 0 Å². The molecular weight excluding hydrogens is 248 g/mol. The van der Waals surface area contributed by atoms with E-state index in [1.165, 1.54) is 0 Å². The third-order valence-corrected chi connectivity index (χ3v) is 2.98. The summed E-state index contributed by atoms with van der Waals surface area (Å²) in [7, 11) is 0. The molecule has 0 spiro atoms. The minimum Gasteiger partial charge on any atom is -0.489 e. The van der Waals surface area contributed by atoms with E-state index in [0.717, 1.165) is 37.4 Å². The molecule has 0 unspecified atom stereocenters. The van der Waals surface area contributed by atoms with Crippen LogP contribution in [0.1, 0.15) is 24.8 Å². The quantitative estimate of drug-likeness (QED) is 0.616. The van der Waals surface area contributed by atoms with Gasteiger partial charge >= 0.3 is 0 Å². The maximum absolute atomic E-state index is 6.00. The van der Waals surface area contributed by atoms with Gasteiger partial charge in [-0.05, 0) is 12.1 Å². The first-order valence-corrected chi connectivity index (χ1v) is 6.82. The topological polar surface area (TPSA) is 18.5 Å². The lowest BCUT2D eigenvalue weighted by Crippen LogP contribution is -2.26. The van der Waals surface area contributed by atoms with Gasteiger partial charge in [-0.25, -0.2) is 0 Å². The summed E-state index contributed by atoms with van der Waals surface area (Å²) in [6.45, 7) is 1.57. The Morgan fingerprint density at radius 3 is 2.83 bits per heavy atom. The van der Waals surface area contributed by atoms with E-state index in [-0.39, 0.29) is 6.10 Å². The van der Waals surface area contributed by atoms with E-state index in [2.05, 4.69) is 11.8 Å². The van der Waals surface area contributed by atoms with Crippen molar-refractivity contribution in [3.05, 3.63) is 29.8 Å². The molecule has 1 aliphatic rings. The predicted molar refractivity (Wildman–Crippen MR) is 73.1 cm³/mol. The number of halogens is 1. The zero-order chi connectivity index (χ0) is 12.6. The lowest BCUT2D eigenvalue weighted by Gasteiger charge is -2.23. The molecule has 1 heterocycles. The second-order valence-corrected chi connectivity index (χ2v) is 4.54. The molecule has 3 heteroatoms. The van der Waals surface area contributed by atoms with E-state index >= 15 is 0 Å². The number of ether oxygens (including phenoxy) is 2. The molecule has 0 saturated carbocycles. The molecule has 2 nitrogen and oxygen atoms in total. The van der Waals surface area contributed by atoms with E-state index < -0.39 is 0 Å². The van der Waals surface area contributed by atoms with Crippen LogP contribution in [0.5, 0.6) is 5.75 Å². The van der Waals surface area contributed by atoms with Gasteiger partial charge in [-0.15, -0.1) is 11.6 Å².